The lowest BCUT2D eigenvalue weighted by molar-refractivity contribution is -0.384. The van der Waals surface area contributed by atoms with Gasteiger partial charge in [0.2, 0.25) is 0 Å². The molecular weight excluding hydrogens is 340 g/mol. The molecule has 0 atom stereocenters. The van der Waals surface area contributed by atoms with Crippen molar-refractivity contribution in [3.05, 3.63) is 49.9 Å². The smallest absolute Gasteiger partial charge is 0.293 e. The lowest BCUT2D eigenvalue weighted by Gasteiger charge is -2.12. The van der Waals surface area contributed by atoms with Gasteiger partial charge in [-0.05, 0) is 36.5 Å². The molecule has 0 aliphatic heterocycles. The number of hydrogen-bond donors (Lipinski definition) is 1. The highest BCUT2D eigenvalue weighted by Crippen LogP contribution is 2.40. The van der Waals surface area contributed by atoms with E-state index in [1.54, 1.807) is 37.3 Å². The van der Waals surface area contributed by atoms with Crippen LogP contribution in [0.4, 0.5) is 16.4 Å². The molecule has 1 heterocycles. The number of carbonyl (C=O) groups excluding carboxylic acids is 1. The van der Waals surface area contributed by atoms with E-state index in [-0.39, 0.29) is 5.69 Å². The van der Waals surface area contributed by atoms with Crippen LogP contribution in [-0.2, 0) is 12.8 Å². The van der Waals surface area contributed by atoms with Crippen molar-refractivity contribution in [2.24, 2.45) is 10.7 Å². The number of fused-ring (bicyclic) bond motifs is 1. The summed E-state index contributed by atoms with van der Waals surface area (Å²) in [5, 5.41) is 11.8. The number of anilines is 1. The number of benzene rings is 1. The highest BCUT2D eigenvalue weighted by atomic mass is 32.1. The Kier molecular flexibility index (Phi) is 4.54. The van der Waals surface area contributed by atoms with Crippen LogP contribution >= 0.6 is 11.3 Å². The fourth-order valence-electron chi connectivity index (χ4n) is 3.01. The average molecular weight is 358 g/mol. The van der Waals surface area contributed by atoms with Crippen molar-refractivity contribution in [3.63, 3.8) is 0 Å². The van der Waals surface area contributed by atoms with Crippen LogP contribution in [0, 0.1) is 10.1 Å². The second-order valence-electron chi connectivity index (χ2n) is 6.06. The molecule has 3 rings (SSSR count). The number of carbonyl (C=O) groups is 1. The van der Waals surface area contributed by atoms with Crippen LogP contribution in [0.15, 0.2) is 23.2 Å². The van der Waals surface area contributed by atoms with E-state index in [1.807, 2.05) is 0 Å². The zero-order valence-electron chi connectivity index (χ0n) is 14.0. The Labute approximate surface area is 148 Å². The molecule has 0 saturated carbocycles. The molecule has 0 spiro atoms. The maximum atomic E-state index is 11.8. The second kappa shape index (κ2) is 6.64. The van der Waals surface area contributed by atoms with Crippen molar-refractivity contribution < 1.29 is 9.72 Å². The van der Waals surface area contributed by atoms with Gasteiger partial charge in [0, 0.05) is 31.3 Å². The van der Waals surface area contributed by atoms with Gasteiger partial charge in [-0.25, -0.2) is 4.99 Å². The number of rotatable bonds is 5. The zero-order valence-corrected chi connectivity index (χ0v) is 14.8. The molecule has 2 N–H and O–H groups in total. The lowest BCUT2D eigenvalue weighted by Crippen LogP contribution is -2.12. The molecule has 1 aliphatic carbocycles. The van der Waals surface area contributed by atoms with E-state index in [0.29, 0.717) is 21.8 Å². The summed E-state index contributed by atoms with van der Waals surface area (Å²) in [4.78, 5) is 29.9. The van der Waals surface area contributed by atoms with Gasteiger partial charge in [-0.15, -0.1) is 11.3 Å². The minimum absolute atomic E-state index is 0.0118. The third-order valence-corrected chi connectivity index (χ3v) is 5.36. The van der Waals surface area contributed by atoms with E-state index in [0.717, 1.165) is 29.7 Å². The fourth-order valence-corrected chi connectivity index (χ4v) is 4.25. The average Bonchev–Trinajstić information content (AvgIpc) is 3.12. The third-order valence-electron chi connectivity index (χ3n) is 4.16. The van der Waals surface area contributed by atoms with E-state index in [1.165, 1.54) is 17.4 Å². The Bertz CT molecular complexity index is 886. The summed E-state index contributed by atoms with van der Waals surface area (Å²) < 4.78 is 0. The summed E-state index contributed by atoms with van der Waals surface area (Å²) in [5.41, 5.74) is 8.16. The number of hydrogen-bond acceptors (Lipinski definition) is 6. The Balaban J connectivity index is 1.97. The predicted molar refractivity (Wildman–Crippen MR) is 99.5 cm³/mol. The number of nitrogens with two attached hydrogens (primary N) is 1. The molecule has 0 saturated heterocycles. The van der Waals surface area contributed by atoms with Gasteiger partial charge < -0.3 is 10.6 Å². The van der Waals surface area contributed by atoms with Crippen LogP contribution in [0.2, 0.25) is 0 Å². The molecule has 0 radical (unpaired) electrons. The molecule has 0 bridgehead atoms. The van der Waals surface area contributed by atoms with Crippen LogP contribution in [0.5, 0.6) is 0 Å². The molecule has 130 valence electrons. The van der Waals surface area contributed by atoms with Crippen LogP contribution in [0.3, 0.4) is 0 Å². The Morgan fingerprint density at radius 1 is 1.40 bits per heavy atom. The maximum absolute atomic E-state index is 11.8. The van der Waals surface area contributed by atoms with Crippen LogP contribution in [-0.4, -0.2) is 31.1 Å². The molecule has 1 aliphatic rings. The standard InChI is InChI=1S/C17H18N4O3S/c1-20(2)12-7-6-10(8-13(12)21(23)24)9-19-17-15(16(18)22)11-4-3-5-14(11)25-17/h6-9H,3-5H2,1-2H3,(H2,18,22). The summed E-state index contributed by atoms with van der Waals surface area (Å²) >= 11 is 1.47. The van der Waals surface area contributed by atoms with Crippen LogP contribution < -0.4 is 10.6 Å². The Hall–Kier alpha value is -2.74. The number of primary amides is 1. The topological polar surface area (TPSA) is 102 Å². The number of aliphatic imine (C=N–C) groups is 1. The molecule has 1 aromatic carbocycles. The van der Waals surface area contributed by atoms with Gasteiger partial charge in [-0.2, -0.15) is 0 Å². The second-order valence-corrected chi connectivity index (χ2v) is 7.14. The van der Waals surface area contributed by atoms with Crippen LogP contribution in [0.1, 0.15) is 32.8 Å². The molecule has 0 unspecified atom stereocenters. The Morgan fingerprint density at radius 3 is 2.80 bits per heavy atom. The number of nitrogens with zero attached hydrogens (tertiary/aromatic N) is 3. The number of nitro benzene ring substituents is 1. The summed E-state index contributed by atoms with van der Waals surface area (Å²) in [6.07, 6.45) is 4.37. The largest absolute Gasteiger partial charge is 0.372 e. The van der Waals surface area contributed by atoms with Crippen LogP contribution in [0.25, 0.3) is 0 Å². The third kappa shape index (κ3) is 3.25. The first-order valence-electron chi connectivity index (χ1n) is 7.82. The first kappa shape index (κ1) is 17.1. The molecule has 7 nitrogen and oxygen atoms in total. The van der Waals surface area contributed by atoms with Crippen molar-refractivity contribution >= 4 is 39.8 Å². The predicted octanol–water partition coefficient (Wildman–Crippen LogP) is 3.06. The maximum Gasteiger partial charge on any atom is 0.293 e. The molecular formula is C17H18N4O3S. The fraction of sp³-hybridized carbons (Fsp3) is 0.294. The van der Waals surface area contributed by atoms with Gasteiger partial charge in [-0.1, -0.05) is 6.07 Å². The van der Waals surface area contributed by atoms with Gasteiger partial charge in [-0.3, -0.25) is 14.9 Å². The summed E-state index contributed by atoms with van der Waals surface area (Å²) in [5.74, 6) is -0.472. The van der Waals surface area contributed by atoms with Crippen molar-refractivity contribution in [1.29, 1.82) is 0 Å². The van der Waals surface area contributed by atoms with Gasteiger partial charge >= 0.3 is 0 Å². The number of amides is 1. The van der Waals surface area contributed by atoms with Gasteiger partial charge in [0.05, 0.1) is 10.5 Å². The lowest BCUT2D eigenvalue weighted by atomic mass is 10.1. The molecule has 2 aromatic rings. The Morgan fingerprint density at radius 2 is 2.16 bits per heavy atom. The van der Waals surface area contributed by atoms with Crippen molar-refractivity contribution in [2.75, 3.05) is 19.0 Å². The van der Waals surface area contributed by atoms with Gasteiger partial charge in [0.15, 0.2) is 0 Å². The van der Waals surface area contributed by atoms with Crippen molar-refractivity contribution in [1.82, 2.24) is 0 Å². The SMILES string of the molecule is CN(C)c1ccc(C=Nc2sc3c(c2C(N)=O)CCC3)cc1[N+](=O)[O-]. The summed E-state index contributed by atoms with van der Waals surface area (Å²) in [6, 6.07) is 4.92. The minimum Gasteiger partial charge on any atom is -0.372 e. The first-order valence-corrected chi connectivity index (χ1v) is 8.64. The highest BCUT2D eigenvalue weighted by Gasteiger charge is 2.25. The number of nitro groups is 1. The minimum atomic E-state index is -0.472. The first-order chi connectivity index (χ1) is 11.9. The van der Waals surface area contributed by atoms with E-state index in [9.17, 15) is 14.9 Å². The molecule has 1 aromatic heterocycles. The molecule has 25 heavy (non-hydrogen) atoms. The van der Waals surface area contributed by atoms with Gasteiger partial charge in [0.25, 0.3) is 11.6 Å². The quantitative estimate of drug-likeness (QED) is 0.504. The van der Waals surface area contributed by atoms with E-state index in [4.69, 9.17) is 5.73 Å². The normalized spacial score (nSPS) is 13.2. The van der Waals surface area contributed by atoms with Gasteiger partial charge in [0.1, 0.15) is 10.7 Å². The van der Waals surface area contributed by atoms with Crippen molar-refractivity contribution in [3.8, 4) is 0 Å². The summed E-state index contributed by atoms with van der Waals surface area (Å²) in [6.45, 7) is 0. The zero-order chi connectivity index (χ0) is 18.1. The number of thiophene rings is 1. The van der Waals surface area contributed by atoms with Crippen molar-refractivity contribution in [2.45, 2.75) is 19.3 Å². The monoisotopic (exact) mass is 358 g/mol. The van der Waals surface area contributed by atoms with E-state index >= 15 is 0 Å². The molecule has 8 heteroatoms. The molecule has 0 fully saturated rings. The van der Waals surface area contributed by atoms with E-state index < -0.39 is 10.8 Å². The van der Waals surface area contributed by atoms with E-state index in [2.05, 4.69) is 4.99 Å². The molecule has 1 amide bonds. The summed E-state index contributed by atoms with van der Waals surface area (Å²) in [7, 11) is 3.50. The number of aryl methyl sites for hydroxylation is 1. The highest BCUT2D eigenvalue weighted by molar-refractivity contribution is 7.16.